The Morgan fingerprint density at radius 1 is 1.39 bits per heavy atom. The van der Waals surface area contributed by atoms with Crippen molar-refractivity contribution in [1.29, 1.82) is 0 Å². The van der Waals surface area contributed by atoms with Crippen LogP contribution in [0.1, 0.15) is 20.8 Å². The zero-order valence-corrected chi connectivity index (χ0v) is 11.7. The van der Waals surface area contributed by atoms with Gasteiger partial charge in [0, 0.05) is 15.5 Å². The molecule has 0 radical (unpaired) electrons. The van der Waals surface area contributed by atoms with Crippen LogP contribution in [-0.4, -0.2) is 16.8 Å². The number of hydrogen-bond acceptors (Lipinski definition) is 3. The number of hydrogen-bond donors (Lipinski definition) is 1. The van der Waals surface area contributed by atoms with Crippen molar-refractivity contribution in [3.63, 3.8) is 0 Å². The lowest BCUT2D eigenvalue weighted by Crippen LogP contribution is -1.99. The highest BCUT2D eigenvalue weighted by Crippen LogP contribution is 2.23. The first kappa shape index (κ1) is 13.2. The van der Waals surface area contributed by atoms with Gasteiger partial charge in [-0.3, -0.25) is 0 Å². The van der Waals surface area contributed by atoms with E-state index < -0.39 is 5.97 Å². The van der Waals surface area contributed by atoms with E-state index in [2.05, 4.69) is 17.5 Å². The zero-order valence-electron chi connectivity index (χ0n) is 10.1. The molecule has 0 aliphatic heterocycles. The lowest BCUT2D eigenvalue weighted by Gasteiger charge is -2.05. The maximum atomic E-state index is 11.0. The second-order valence-electron chi connectivity index (χ2n) is 3.96. The van der Waals surface area contributed by atoms with E-state index in [0.29, 0.717) is 5.56 Å². The SMILES string of the molecule is Cc1ccc(SCCc2cccs2)cc1C(=O)O. The molecule has 0 aliphatic rings. The van der Waals surface area contributed by atoms with Gasteiger partial charge in [0.15, 0.2) is 0 Å². The smallest absolute Gasteiger partial charge is 0.335 e. The number of thiophene rings is 1. The highest BCUT2D eigenvalue weighted by atomic mass is 32.2. The van der Waals surface area contributed by atoms with E-state index in [4.69, 9.17) is 5.11 Å². The van der Waals surface area contributed by atoms with Gasteiger partial charge in [-0.25, -0.2) is 4.79 Å². The summed E-state index contributed by atoms with van der Waals surface area (Å²) in [4.78, 5) is 13.4. The van der Waals surface area contributed by atoms with Gasteiger partial charge in [-0.1, -0.05) is 12.1 Å². The van der Waals surface area contributed by atoms with Crippen molar-refractivity contribution in [3.05, 3.63) is 51.7 Å². The van der Waals surface area contributed by atoms with Gasteiger partial charge in [0.25, 0.3) is 0 Å². The first-order valence-electron chi connectivity index (χ1n) is 5.66. The molecule has 1 heterocycles. The first-order valence-corrected chi connectivity index (χ1v) is 7.52. The fourth-order valence-corrected chi connectivity index (χ4v) is 3.41. The van der Waals surface area contributed by atoms with E-state index in [1.54, 1.807) is 29.2 Å². The number of carboxylic acids is 1. The van der Waals surface area contributed by atoms with Gasteiger partial charge in [0.05, 0.1) is 5.56 Å². The predicted octanol–water partition coefficient (Wildman–Crippen LogP) is 4.09. The van der Waals surface area contributed by atoms with Crippen molar-refractivity contribution in [2.45, 2.75) is 18.2 Å². The van der Waals surface area contributed by atoms with Crippen molar-refractivity contribution in [1.82, 2.24) is 0 Å². The van der Waals surface area contributed by atoms with Gasteiger partial charge in [0.1, 0.15) is 0 Å². The lowest BCUT2D eigenvalue weighted by atomic mass is 10.1. The fourth-order valence-electron chi connectivity index (χ4n) is 1.65. The molecule has 0 bridgehead atoms. The van der Waals surface area contributed by atoms with Crippen molar-refractivity contribution in [3.8, 4) is 0 Å². The summed E-state index contributed by atoms with van der Waals surface area (Å²) in [5.74, 6) is 0.121. The quantitative estimate of drug-likeness (QED) is 0.837. The molecule has 2 aromatic rings. The van der Waals surface area contributed by atoms with Crippen LogP contribution in [0, 0.1) is 6.92 Å². The molecule has 0 amide bonds. The normalized spacial score (nSPS) is 10.5. The largest absolute Gasteiger partial charge is 0.478 e. The van der Waals surface area contributed by atoms with Crippen molar-refractivity contribution in [2.24, 2.45) is 0 Å². The topological polar surface area (TPSA) is 37.3 Å². The zero-order chi connectivity index (χ0) is 13.0. The van der Waals surface area contributed by atoms with Crippen LogP contribution in [0.25, 0.3) is 0 Å². The number of carboxylic acid groups (broad SMARTS) is 1. The van der Waals surface area contributed by atoms with E-state index in [1.807, 2.05) is 19.1 Å². The standard InChI is InChI=1S/C14H14O2S2/c1-10-4-5-12(9-13(10)14(15)16)18-8-6-11-3-2-7-17-11/h2-5,7,9H,6,8H2,1H3,(H,15,16). The summed E-state index contributed by atoms with van der Waals surface area (Å²) < 4.78 is 0. The van der Waals surface area contributed by atoms with Gasteiger partial charge in [-0.15, -0.1) is 23.1 Å². The van der Waals surface area contributed by atoms with Crippen LogP contribution in [-0.2, 0) is 6.42 Å². The molecule has 1 aromatic heterocycles. The molecule has 0 atom stereocenters. The summed E-state index contributed by atoms with van der Waals surface area (Å²) >= 11 is 3.46. The second-order valence-corrected chi connectivity index (χ2v) is 6.16. The number of thioether (sulfide) groups is 1. The van der Waals surface area contributed by atoms with Gasteiger partial charge in [-0.05, 0) is 42.5 Å². The lowest BCUT2D eigenvalue weighted by molar-refractivity contribution is 0.0696. The summed E-state index contributed by atoms with van der Waals surface area (Å²) in [6.07, 6.45) is 1.03. The third-order valence-corrected chi connectivity index (χ3v) is 4.57. The van der Waals surface area contributed by atoms with Crippen LogP contribution >= 0.6 is 23.1 Å². The average Bonchev–Trinajstić information content (AvgIpc) is 2.84. The Hall–Kier alpha value is -1.26. The Labute approximate surface area is 115 Å². The average molecular weight is 278 g/mol. The van der Waals surface area contributed by atoms with Gasteiger partial charge in [0.2, 0.25) is 0 Å². The molecule has 0 saturated carbocycles. The number of carbonyl (C=O) groups is 1. The minimum absolute atomic E-state index is 0.399. The predicted molar refractivity (Wildman–Crippen MR) is 76.9 cm³/mol. The first-order chi connectivity index (χ1) is 8.66. The van der Waals surface area contributed by atoms with E-state index in [1.165, 1.54) is 4.88 Å². The van der Waals surface area contributed by atoms with Crippen LogP contribution in [0.3, 0.4) is 0 Å². The Balaban J connectivity index is 1.97. The van der Waals surface area contributed by atoms with Gasteiger partial charge < -0.3 is 5.11 Å². The monoisotopic (exact) mass is 278 g/mol. The Morgan fingerprint density at radius 2 is 2.22 bits per heavy atom. The van der Waals surface area contributed by atoms with E-state index in [9.17, 15) is 4.79 Å². The molecule has 2 rings (SSSR count). The minimum Gasteiger partial charge on any atom is -0.478 e. The van der Waals surface area contributed by atoms with Crippen LogP contribution in [0.5, 0.6) is 0 Å². The summed E-state index contributed by atoms with van der Waals surface area (Å²) in [7, 11) is 0. The fraction of sp³-hybridized carbons (Fsp3) is 0.214. The van der Waals surface area contributed by atoms with Crippen LogP contribution < -0.4 is 0 Å². The number of aryl methyl sites for hydroxylation is 2. The van der Waals surface area contributed by atoms with Crippen LogP contribution in [0.4, 0.5) is 0 Å². The Bertz CT molecular complexity index is 533. The molecule has 1 aromatic carbocycles. The van der Waals surface area contributed by atoms with Crippen LogP contribution in [0.2, 0.25) is 0 Å². The molecule has 0 fully saturated rings. The molecule has 0 aliphatic carbocycles. The van der Waals surface area contributed by atoms with E-state index in [0.717, 1.165) is 22.6 Å². The summed E-state index contributed by atoms with van der Waals surface area (Å²) in [5.41, 5.74) is 1.21. The molecular weight excluding hydrogens is 264 g/mol. The molecule has 4 heteroatoms. The molecule has 0 spiro atoms. The maximum Gasteiger partial charge on any atom is 0.335 e. The maximum absolute atomic E-state index is 11.0. The molecule has 18 heavy (non-hydrogen) atoms. The molecule has 1 N–H and O–H groups in total. The number of benzene rings is 1. The Kier molecular flexibility index (Phi) is 4.44. The second kappa shape index (κ2) is 6.07. The van der Waals surface area contributed by atoms with Gasteiger partial charge in [-0.2, -0.15) is 0 Å². The third-order valence-electron chi connectivity index (χ3n) is 2.64. The van der Waals surface area contributed by atoms with Gasteiger partial charge >= 0.3 is 5.97 Å². The molecule has 94 valence electrons. The highest BCUT2D eigenvalue weighted by Gasteiger charge is 2.07. The van der Waals surface area contributed by atoms with E-state index >= 15 is 0 Å². The van der Waals surface area contributed by atoms with E-state index in [-0.39, 0.29) is 0 Å². The number of rotatable bonds is 5. The number of aromatic carboxylic acids is 1. The van der Waals surface area contributed by atoms with Crippen LogP contribution in [0.15, 0.2) is 40.6 Å². The molecular formula is C14H14O2S2. The van der Waals surface area contributed by atoms with Crippen molar-refractivity contribution < 1.29 is 9.90 Å². The highest BCUT2D eigenvalue weighted by molar-refractivity contribution is 7.99. The summed E-state index contributed by atoms with van der Waals surface area (Å²) in [6.45, 7) is 1.82. The third kappa shape index (κ3) is 3.37. The Morgan fingerprint density at radius 3 is 2.89 bits per heavy atom. The molecule has 0 unspecified atom stereocenters. The summed E-state index contributed by atoms with van der Waals surface area (Å²) in [5, 5.41) is 11.1. The minimum atomic E-state index is -0.854. The molecule has 0 saturated heterocycles. The molecule has 2 nitrogen and oxygen atoms in total. The van der Waals surface area contributed by atoms with Crippen molar-refractivity contribution in [2.75, 3.05) is 5.75 Å². The summed E-state index contributed by atoms with van der Waals surface area (Å²) in [6, 6.07) is 9.80. The van der Waals surface area contributed by atoms with Crippen molar-refractivity contribution >= 4 is 29.1 Å².